The summed E-state index contributed by atoms with van der Waals surface area (Å²) in [6, 6.07) is 0. The summed E-state index contributed by atoms with van der Waals surface area (Å²) >= 11 is 0. The van der Waals surface area contributed by atoms with Crippen LogP contribution in [-0.4, -0.2) is 37.6 Å². The first-order valence-electron chi connectivity index (χ1n) is 4.64. The van der Waals surface area contributed by atoms with Crippen LogP contribution in [0.1, 0.15) is 12.8 Å². The van der Waals surface area contributed by atoms with Crippen LogP contribution in [0.25, 0.3) is 0 Å². The van der Waals surface area contributed by atoms with Crippen LogP contribution in [0.2, 0.25) is 0 Å². The average molecular weight is 241 g/mol. The maximum Gasteiger partial charge on any atom is 0.401 e. The van der Waals surface area contributed by atoms with Gasteiger partial charge in [0, 0.05) is 13.0 Å². The number of nitrogens with one attached hydrogen (secondary N) is 2. The molecule has 0 bridgehead atoms. The minimum atomic E-state index is -4.33. The number of hydrogen-bond acceptors (Lipinski definition) is 3. The van der Waals surface area contributed by atoms with Gasteiger partial charge in [0.25, 0.3) is 0 Å². The number of halogens is 3. The smallest absolute Gasteiger partial charge is 0.370 e. The molecule has 0 aliphatic carbocycles. The van der Waals surface area contributed by atoms with Gasteiger partial charge in [-0.25, -0.2) is 0 Å². The molecule has 0 aromatic rings. The molecule has 8 heteroatoms. The molecule has 0 rings (SSSR count). The zero-order valence-electron chi connectivity index (χ0n) is 8.56. The number of carbonyl (C=O) groups excluding carboxylic acids is 2. The van der Waals surface area contributed by atoms with Gasteiger partial charge in [-0.15, -0.1) is 0 Å². The fourth-order valence-electron chi connectivity index (χ4n) is 0.871. The van der Waals surface area contributed by atoms with Crippen LogP contribution in [0.5, 0.6) is 0 Å². The van der Waals surface area contributed by atoms with E-state index in [0.29, 0.717) is 6.42 Å². The second-order valence-corrected chi connectivity index (χ2v) is 3.14. The van der Waals surface area contributed by atoms with Gasteiger partial charge in [-0.05, 0) is 6.42 Å². The fraction of sp³-hybridized carbons (Fsp3) is 0.750. The summed E-state index contributed by atoms with van der Waals surface area (Å²) in [4.78, 5) is 21.2. The van der Waals surface area contributed by atoms with E-state index in [1.54, 1.807) is 0 Å². The summed E-state index contributed by atoms with van der Waals surface area (Å²) in [5.74, 6) is -1.03. The number of rotatable bonds is 7. The van der Waals surface area contributed by atoms with E-state index >= 15 is 0 Å². The van der Waals surface area contributed by atoms with Crippen LogP contribution in [-0.2, 0) is 9.59 Å². The Bertz CT molecular complexity index is 243. The van der Waals surface area contributed by atoms with Gasteiger partial charge in [0.2, 0.25) is 11.8 Å². The first kappa shape index (κ1) is 14.7. The summed E-state index contributed by atoms with van der Waals surface area (Å²) < 4.78 is 35.0. The van der Waals surface area contributed by atoms with Crippen molar-refractivity contribution in [3.63, 3.8) is 0 Å². The summed E-state index contributed by atoms with van der Waals surface area (Å²) in [6.45, 7) is -1.40. The van der Waals surface area contributed by atoms with Crippen molar-refractivity contribution in [2.24, 2.45) is 5.73 Å². The summed E-state index contributed by atoms with van der Waals surface area (Å²) in [7, 11) is 0. The van der Waals surface area contributed by atoms with Gasteiger partial charge >= 0.3 is 6.18 Å². The van der Waals surface area contributed by atoms with Crippen molar-refractivity contribution in [2.75, 3.05) is 19.6 Å². The second kappa shape index (κ2) is 7.04. The quantitative estimate of drug-likeness (QED) is 0.526. The van der Waals surface area contributed by atoms with Crippen molar-refractivity contribution < 1.29 is 22.8 Å². The lowest BCUT2D eigenvalue weighted by Crippen LogP contribution is -2.38. The zero-order chi connectivity index (χ0) is 12.6. The normalized spacial score (nSPS) is 11.2. The molecule has 0 atom stereocenters. The molecule has 5 nitrogen and oxygen atoms in total. The lowest BCUT2D eigenvalue weighted by atomic mass is 10.3. The third-order valence-electron chi connectivity index (χ3n) is 1.53. The molecule has 0 saturated carbocycles. The van der Waals surface area contributed by atoms with Gasteiger partial charge in [-0.1, -0.05) is 0 Å². The zero-order valence-corrected chi connectivity index (χ0v) is 8.56. The van der Waals surface area contributed by atoms with E-state index in [2.05, 4.69) is 5.32 Å². The second-order valence-electron chi connectivity index (χ2n) is 3.14. The Balaban J connectivity index is 3.42. The van der Waals surface area contributed by atoms with Gasteiger partial charge in [0.1, 0.15) is 0 Å². The number of carbonyl (C=O) groups is 2. The predicted octanol–water partition coefficient (Wildman–Crippen LogP) is -0.480. The Kier molecular flexibility index (Phi) is 6.47. The van der Waals surface area contributed by atoms with Crippen molar-refractivity contribution in [3.8, 4) is 0 Å². The van der Waals surface area contributed by atoms with Crippen molar-refractivity contribution in [1.29, 1.82) is 0 Å². The number of hydrogen-bond donors (Lipinski definition) is 3. The monoisotopic (exact) mass is 241 g/mol. The van der Waals surface area contributed by atoms with E-state index in [4.69, 9.17) is 5.73 Å². The van der Waals surface area contributed by atoms with E-state index in [1.165, 1.54) is 0 Å². The number of alkyl halides is 3. The largest absolute Gasteiger partial charge is 0.401 e. The van der Waals surface area contributed by atoms with E-state index in [0.717, 1.165) is 0 Å². The number of primary amides is 1. The molecule has 2 amide bonds. The minimum Gasteiger partial charge on any atom is -0.370 e. The van der Waals surface area contributed by atoms with Crippen LogP contribution < -0.4 is 16.4 Å². The van der Waals surface area contributed by atoms with Crippen LogP contribution in [0.15, 0.2) is 0 Å². The molecule has 16 heavy (non-hydrogen) atoms. The maximum atomic E-state index is 11.7. The first-order chi connectivity index (χ1) is 7.31. The molecule has 0 saturated heterocycles. The van der Waals surface area contributed by atoms with Crippen molar-refractivity contribution in [2.45, 2.75) is 19.0 Å². The molecule has 0 aromatic carbocycles. The van der Waals surface area contributed by atoms with Gasteiger partial charge in [0.05, 0.1) is 13.1 Å². The minimum absolute atomic E-state index is 0.135. The Morgan fingerprint density at radius 3 is 2.38 bits per heavy atom. The highest BCUT2D eigenvalue weighted by Gasteiger charge is 2.26. The van der Waals surface area contributed by atoms with Crippen LogP contribution in [0, 0.1) is 0 Å². The molecule has 0 aliphatic heterocycles. The summed E-state index contributed by atoms with van der Waals surface area (Å²) in [5.41, 5.74) is 4.85. The highest BCUT2D eigenvalue weighted by Crippen LogP contribution is 2.11. The third kappa shape index (κ3) is 10.8. The molecule has 94 valence electrons. The van der Waals surface area contributed by atoms with E-state index < -0.39 is 31.1 Å². The van der Waals surface area contributed by atoms with Crippen LogP contribution in [0.4, 0.5) is 13.2 Å². The lowest BCUT2D eigenvalue weighted by molar-refractivity contribution is -0.128. The predicted molar refractivity (Wildman–Crippen MR) is 50.4 cm³/mol. The van der Waals surface area contributed by atoms with Crippen molar-refractivity contribution >= 4 is 11.8 Å². The lowest BCUT2D eigenvalue weighted by Gasteiger charge is -2.08. The maximum absolute atomic E-state index is 11.7. The molecule has 0 fully saturated rings. The molecule has 0 unspecified atom stereocenters. The first-order valence-corrected chi connectivity index (χ1v) is 4.64. The van der Waals surface area contributed by atoms with Crippen molar-refractivity contribution in [1.82, 2.24) is 10.6 Å². The molecule has 0 spiro atoms. The molecule has 0 aliphatic rings. The highest BCUT2D eigenvalue weighted by atomic mass is 19.4. The summed E-state index contributed by atoms with van der Waals surface area (Å²) in [5, 5.41) is 4.29. The van der Waals surface area contributed by atoms with E-state index in [9.17, 15) is 22.8 Å². The molecule has 4 N–H and O–H groups in total. The van der Waals surface area contributed by atoms with Crippen LogP contribution in [0.3, 0.4) is 0 Å². The van der Waals surface area contributed by atoms with E-state index in [1.807, 2.05) is 5.32 Å². The van der Waals surface area contributed by atoms with Crippen LogP contribution >= 0.6 is 0 Å². The fourth-order valence-corrected chi connectivity index (χ4v) is 0.871. The van der Waals surface area contributed by atoms with E-state index in [-0.39, 0.29) is 13.0 Å². The Hall–Kier alpha value is -1.31. The van der Waals surface area contributed by atoms with Gasteiger partial charge in [-0.2, -0.15) is 13.2 Å². The molecular weight excluding hydrogens is 227 g/mol. The topological polar surface area (TPSA) is 84.2 Å². The van der Waals surface area contributed by atoms with Gasteiger partial charge < -0.3 is 16.4 Å². The van der Waals surface area contributed by atoms with Gasteiger partial charge in [-0.3, -0.25) is 9.59 Å². The van der Waals surface area contributed by atoms with Crippen molar-refractivity contribution in [3.05, 3.63) is 0 Å². The number of nitrogens with two attached hydrogens (primary N) is 1. The number of amides is 2. The average Bonchev–Trinajstić information content (AvgIpc) is 2.10. The molecule has 0 aromatic heterocycles. The molecule has 0 radical (unpaired) electrons. The third-order valence-corrected chi connectivity index (χ3v) is 1.53. The SMILES string of the molecule is NC(=O)CCCNC(=O)CNCC(F)(F)F. The Morgan fingerprint density at radius 2 is 1.88 bits per heavy atom. The highest BCUT2D eigenvalue weighted by molar-refractivity contribution is 5.78. The van der Waals surface area contributed by atoms with Gasteiger partial charge in [0.15, 0.2) is 0 Å². The molecular formula is C8H14F3N3O2. The molecule has 0 heterocycles. The standard InChI is InChI=1S/C8H14F3N3O2/c9-8(10,11)5-13-4-7(16)14-3-1-2-6(12)15/h13H,1-5H2,(H2,12,15)(H,14,16). The summed E-state index contributed by atoms with van der Waals surface area (Å²) in [6.07, 6.45) is -3.82. The Morgan fingerprint density at radius 1 is 1.25 bits per heavy atom. The Labute approximate surface area is 90.6 Å².